The molecule has 0 aromatic heterocycles. The third-order valence-corrected chi connectivity index (χ3v) is 5.00. The highest BCUT2D eigenvalue weighted by Crippen LogP contribution is 2.21. The SMILES string of the molecule is COC(=O)c1cc(NS(=O)(=O)c2ccc(C(C)=O)cc2)cc(C(=O)OC)c1. The van der Waals surface area contributed by atoms with Crippen molar-refractivity contribution in [1.29, 1.82) is 0 Å². The Morgan fingerprint density at radius 2 is 1.30 bits per heavy atom. The number of sulfonamides is 1. The second-order valence-corrected chi connectivity index (χ2v) is 7.15. The first-order valence-electron chi connectivity index (χ1n) is 7.63. The Hall–Kier alpha value is -3.20. The number of rotatable bonds is 6. The van der Waals surface area contributed by atoms with E-state index >= 15 is 0 Å². The molecule has 142 valence electrons. The van der Waals surface area contributed by atoms with Crippen LogP contribution in [0.15, 0.2) is 47.4 Å². The molecular weight excluding hydrogens is 374 g/mol. The molecule has 0 amide bonds. The van der Waals surface area contributed by atoms with Crippen molar-refractivity contribution < 1.29 is 32.3 Å². The van der Waals surface area contributed by atoms with Gasteiger partial charge in [0.1, 0.15) is 0 Å². The van der Waals surface area contributed by atoms with E-state index in [-0.39, 0.29) is 27.5 Å². The second-order valence-electron chi connectivity index (χ2n) is 5.47. The first-order chi connectivity index (χ1) is 12.7. The Balaban J connectivity index is 2.43. The van der Waals surface area contributed by atoms with Crippen molar-refractivity contribution in [3.63, 3.8) is 0 Å². The fourth-order valence-corrected chi connectivity index (χ4v) is 3.28. The largest absolute Gasteiger partial charge is 0.465 e. The van der Waals surface area contributed by atoms with Gasteiger partial charge in [0.25, 0.3) is 10.0 Å². The number of carbonyl (C=O) groups excluding carboxylic acids is 3. The maximum Gasteiger partial charge on any atom is 0.337 e. The normalized spacial score (nSPS) is 10.8. The molecule has 27 heavy (non-hydrogen) atoms. The van der Waals surface area contributed by atoms with Crippen LogP contribution in [0.2, 0.25) is 0 Å². The molecule has 2 rings (SSSR count). The molecule has 0 heterocycles. The lowest BCUT2D eigenvalue weighted by Crippen LogP contribution is -2.15. The van der Waals surface area contributed by atoms with Crippen LogP contribution in [0.3, 0.4) is 0 Å². The minimum absolute atomic E-state index is 0.0195. The number of benzene rings is 2. The van der Waals surface area contributed by atoms with Crippen molar-refractivity contribution in [3.05, 3.63) is 59.2 Å². The van der Waals surface area contributed by atoms with E-state index in [0.29, 0.717) is 5.56 Å². The third kappa shape index (κ3) is 4.70. The van der Waals surface area contributed by atoms with Gasteiger partial charge in [0.15, 0.2) is 5.78 Å². The summed E-state index contributed by atoms with van der Waals surface area (Å²) in [6.07, 6.45) is 0. The molecule has 8 nitrogen and oxygen atoms in total. The smallest absolute Gasteiger partial charge is 0.337 e. The molecule has 2 aromatic carbocycles. The number of anilines is 1. The second kappa shape index (κ2) is 8.00. The predicted molar refractivity (Wildman–Crippen MR) is 96.4 cm³/mol. The van der Waals surface area contributed by atoms with E-state index in [1.165, 1.54) is 49.4 Å². The monoisotopic (exact) mass is 391 g/mol. The first kappa shape index (κ1) is 20.1. The average Bonchev–Trinajstić information content (AvgIpc) is 2.66. The van der Waals surface area contributed by atoms with Crippen LogP contribution < -0.4 is 4.72 Å². The molecule has 0 spiro atoms. The molecular formula is C18H17NO7S. The Bertz CT molecular complexity index is 961. The third-order valence-electron chi connectivity index (χ3n) is 3.60. The molecule has 0 radical (unpaired) electrons. The molecule has 0 unspecified atom stereocenters. The molecule has 2 aromatic rings. The highest BCUT2D eigenvalue weighted by atomic mass is 32.2. The highest BCUT2D eigenvalue weighted by Gasteiger charge is 2.19. The average molecular weight is 391 g/mol. The zero-order chi connectivity index (χ0) is 20.2. The van der Waals surface area contributed by atoms with Crippen LogP contribution in [0.25, 0.3) is 0 Å². The molecule has 0 aliphatic carbocycles. The van der Waals surface area contributed by atoms with Gasteiger partial charge in [-0.15, -0.1) is 0 Å². The maximum absolute atomic E-state index is 12.6. The Kier molecular flexibility index (Phi) is 5.96. The van der Waals surface area contributed by atoms with E-state index < -0.39 is 22.0 Å². The highest BCUT2D eigenvalue weighted by molar-refractivity contribution is 7.92. The zero-order valence-corrected chi connectivity index (χ0v) is 15.6. The number of carbonyl (C=O) groups is 3. The lowest BCUT2D eigenvalue weighted by molar-refractivity contribution is 0.0599. The summed E-state index contributed by atoms with van der Waals surface area (Å²) in [6.45, 7) is 1.37. The number of esters is 2. The molecule has 1 N–H and O–H groups in total. The lowest BCUT2D eigenvalue weighted by atomic mass is 10.1. The Labute approximate surface area is 156 Å². The maximum atomic E-state index is 12.6. The van der Waals surface area contributed by atoms with Gasteiger partial charge in [-0.05, 0) is 37.3 Å². The van der Waals surface area contributed by atoms with Gasteiger partial charge in [0.2, 0.25) is 0 Å². The van der Waals surface area contributed by atoms with Crippen molar-refractivity contribution in [2.75, 3.05) is 18.9 Å². The Morgan fingerprint density at radius 1 is 0.815 bits per heavy atom. The summed E-state index contributed by atoms with van der Waals surface area (Å²) in [5.41, 5.74) is 0.304. The van der Waals surface area contributed by atoms with Crippen LogP contribution in [0.5, 0.6) is 0 Å². The molecule has 0 saturated heterocycles. The lowest BCUT2D eigenvalue weighted by Gasteiger charge is -2.11. The standard InChI is InChI=1S/C18H17NO7S/c1-11(20)12-4-6-16(7-5-12)27(23,24)19-15-9-13(17(21)25-2)8-14(10-15)18(22)26-3/h4-10,19H,1-3H3. The number of hydrogen-bond donors (Lipinski definition) is 1. The minimum Gasteiger partial charge on any atom is -0.465 e. The summed E-state index contributed by atoms with van der Waals surface area (Å²) in [5.74, 6) is -1.68. The van der Waals surface area contributed by atoms with Gasteiger partial charge in [-0.1, -0.05) is 12.1 Å². The van der Waals surface area contributed by atoms with Gasteiger partial charge in [0, 0.05) is 5.56 Å². The van der Waals surface area contributed by atoms with Gasteiger partial charge in [-0.3, -0.25) is 9.52 Å². The number of hydrogen-bond acceptors (Lipinski definition) is 7. The van der Waals surface area contributed by atoms with Crippen molar-refractivity contribution in [2.24, 2.45) is 0 Å². The van der Waals surface area contributed by atoms with E-state index in [1.54, 1.807) is 0 Å². The van der Waals surface area contributed by atoms with Crippen LogP contribution >= 0.6 is 0 Å². The van der Waals surface area contributed by atoms with Gasteiger partial charge < -0.3 is 9.47 Å². The van der Waals surface area contributed by atoms with Crippen LogP contribution in [-0.2, 0) is 19.5 Å². The van der Waals surface area contributed by atoms with Crippen LogP contribution in [0, 0.1) is 0 Å². The topological polar surface area (TPSA) is 116 Å². The molecule has 0 aliphatic rings. The molecule has 0 atom stereocenters. The first-order valence-corrected chi connectivity index (χ1v) is 9.12. The van der Waals surface area contributed by atoms with Crippen LogP contribution in [0.4, 0.5) is 5.69 Å². The van der Waals surface area contributed by atoms with Crippen LogP contribution in [0.1, 0.15) is 38.0 Å². The number of nitrogens with one attached hydrogen (secondary N) is 1. The number of ketones is 1. The van der Waals surface area contributed by atoms with E-state index in [2.05, 4.69) is 14.2 Å². The summed E-state index contributed by atoms with van der Waals surface area (Å²) in [4.78, 5) is 34.8. The van der Waals surface area contributed by atoms with Crippen molar-refractivity contribution in [3.8, 4) is 0 Å². The van der Waals surface area contributed by atoms with E-state index in [4.69, 9.17) is 0 Å². The van der Waals surface area contributed by atoms with E-state index in [0.717, 1.165) is 14.2 Å². The summed E-state index contributed by atoms with van der Waals surface area (Å²) in [5, 5.41) is 0. The fraction of sp³-hybridized carbons (Fsp3) is 0.167. The van der Waals surface area contributed by atoms with E-state index in [1.807, 2.05) is 0 Å². The number of methoxy groups -OCH3 is 2. The van der Waals surface area contributed by atoms with E-state index in [9.17, 15) is 22.8 Å². The zero-order valence-electron chi connectivity index (χ0n) is 14.8. The molecule has 0 bridgehead atoms. The summed E-state index contributed by atoms with van der Waals surface area (Å²) < 4.78 is 36.6. The van der Waals surface area contributed by atoms with Gasteiger partial charge in [-0.2, -0.15) is 0 Å². The molecule has 0 saturated carbocycles. The summed E-state index contributed by atoms with van der Waals surface area (Å²) in [6, 6.07) is 9.05. The van der Waals surface area contributed by atoms with Crippen molar-refractivity contribution >= 4 is 33.4 Å². The van der Waals surface area contributed by atoms with Gasteiger partial charge >= 0.3 is 11.9 Å². The van der Waals surface area contributed by atoms with Crippen molar-refractivity contribution in [2.45, 2.75) is 11.8 Å². The minimum atomic E-state index is -4.02. The van der Waals surface area contributed by atoms with Crippen LogP contribution in [-0.4, -0.2) is 40.4 Å². The summed E-state index contributed by atoms with van der Waals surface area (Å²) >= 11 is 0. The summed E-state index contributed by atoms with van der Waals surface area (Å²) in [7, 11) is -1.70. The molecule has 0 fully saturated rings. The van der Waals surface area contributed by atoms with Gasteiger partial charge in [-0.25, -0.2) is 18.0 Å². The number of ether oxygens (including phenoxy) is 2. The quantitative estimate of drug-likeness (QED) is 0.593. The van der Waals surface area contributed by atoms with Gasteiger partial charge in [0.05, 0.1) is 35.9 Å². The predicted octanol–water partition coefficient (Wildman–Crippen LogP) is 2.26. The number of Topliss-reactive ketones (excluding diaryl/α,β-unsaturated/α-hetero) is 1. The van der Waals surface area contributed by atoms with Crippen molar-refractivity contribution in [1.82, 2.24) is 0 Å². The molecule has 0 aliphatic heterocycles. The Morgan fingerprint density at radius 3 is 1.70 bits per heavy atom. The molecule has 9 heteroatoms. The fourth-order valence-electron chi connectivity index (χ4n) is 2.24.